The standard InChI is InChI=1S/C16H13N3O4S/c1-17-7-3-6-12(17)9-14-15(20)18(16(21)24-14)10-11-4-2-5-13(8-11)19(22)23/h2-9H,10H2,1H3/b14-9-. The number of hydrogen-bond donors (Lipinski definition) is 0. The summed E-state index contributed by atoms with van der Waals surface area (Å²) in [5, 5.41) is 10.4. The Bertz CT molecular complexity index is 872. The molecule has 1 aliphatic heterocycles. The molecule has 0 bridgehead atoms. The monoisotopic (exact) mass is 343 g/mol. The van der Waals surface area contributed by atoms with Gasteiger partial charge in [-0.15, -0.1) is 0 Å². The van der Waals surface area contributed by atoms with E-state index in [9.17, 15) is 19.7 Å². The first kappa shape index (κ1) is 16.0. The lowest BCUT2D eigenvalue weighted by molar-refractivity contribution is -0.384. The summed E-state index contributed by atoms with van der Waals surface area (Å²) in [6.45, 7) is 0.0107. The molecular formula is C16H13N3O4S. The Balaban J connectivity index is 1.82. The number of non-ortho nitro benzene ring substituents is 1. The van der Waals surface area contributed by atoms with Crippen LogP contribution in [-0.2, 0) is 18.4 Å². The predicted molar refractivity (Wildman–Crippen MR) is 90.0 cm³/mol. The van der Waals surface area contributed by atoms with Gasteiger partial charge in [0.15, 0.2) is 0 Å². The Morgan fingerprint density at radius 1 is 1.25 bits per heavy atom. The van der Waals surface area contributed by atoms with Gasteiger partial charge < -0.3 is 4.57 Å². The fourth-order valence-electron chi connectivity index (χ4n) is 2.35. The van der Waals surface area contributed by atoms with Crippen LogP contribution in [0, 0.1) is 10.1 Å². The minimum atomic E-state index is -0.507. The van der Waals surface area contributed by atoms with Gasteiger partial charge in [0.2, 0.25) is 0 Å². The number of nitro benzene ring substituents is 1. The molecule has 0 radical (unpaired) electrons. The average Bonchev–Trinajstić information content (AvgIpc) is 3.06. The van der Waals surface area contributed by atoms with Gasteiger partial charge in [0.1, 0.15) is 0 Å². The molecule has 1 aliphatic rings. The lowest BCUT2D eigenvalue weighted by Crippen LogP contribution is -2.27. The smallest absolute Gasteiger partial charge is 0.293 e. The second-order valence-corrected chi connectivity index (χ2v) is 6.23. The Morgan fingerprint density at radius 3 is 2.71 bits per heavy atom. The van der Waals surface area contributed by atoms with Gasteiger partial charge in [0.25, 0.3) is 16.8 Å². The Morgan fingerprint density at radius 2 is 2.04 bits per heavy atom. The van der Waals surface area contributed by atoms with Gasteiger partial charge in [-0.05, 0) is 35.5 Å². The molecule has 2 amide bonds. The van der Waals surface area contributed by atoms with Crippen molar-refractivity contribution in [3.05, 3.63) is 68.9 Å². The van der Waals surface area contributed by atoms with Crippen LogP contribution in [0.2, 0.25) is 0 Å². The lowest BCUT2D eigenvalue weighted by atomic mass is 10.2. The molecule has 7 nitrogen and oxygen atoms in total. The highest BCUT2D eigenvalue weighted by atomic mass is 32.2. The van der Waals surface area contributed by atoms with Crippen LogP contribution in [0.1, 0.15) is 11.3 Å². The summed E-state index contributed by atoms with van der Waals surface area (Å²) in [4.78, 5) is 36.3. The van der Waals surface area contributed by atoms with E-state index in [4.69, 9.17) is 0 Å². The number of imide groups is 1. The van der Waals surface area contributed by atoms with Gasteiger partial charge in [-0.1, -0.05) is 12.1 Å². The molecule has 1 aromatic carbocycles. The van der Waals surface area contributed by atoms with Crippen LogP contribution in [0.3, 0.4) is 0 Å². The molecule has 2 aromatic rings. The number of thioether (sulfide) groups is 1. The predicted octanol–water partition coefficient (Wildman–Crippen LogP) is 3.17. The number of nitrogens with zero attached hydrogens (tertiary/aromatic N) is 3. The molecule has 24 heavy (non-hydrogen) atoms. The van der Waals surface area contributed by atoms with Crippen LogP contribution in [0.4, 0.5) is 10.5 Å². The molecule has 1 saturated heterocycles. The zero-order chi connectivity index (χ0) is 17.3. The van der Waals surface area contributed by atoms with Crippen LogP contribution >= 0.6 is 11.8 Å². The Labute approximate surface area is 141 Å². The second kappa shape index (κ2) is 6.32. The summed E-state index contributed by atoms with van der Waals surface area (Å²) in [5.41, 5.74) is 1.28. The molecule has 0 spiro atoms. The van der Waals surface area contributed by atoms with Gasteiger partial charge in [-0.2, -0.15) is 0 Å². The molecule has 0 atom stereocenters. The number of hydrogen-bond acceptors (Lipinski definition) is 5. The van der Waals surface area contributed by atoms with Crippen LogP contribution in [0.5, 0.6) is 0 Å². The number of aromatic nitrogens is 1. The van der Waals surface area contributed by atoms with E-state index in [2.05, 4.69) is 0 Å². The fraction of sp³-hybridized carbons (Fsp3) is 0.125. The van der Waals surface area contributed by atoms with Crippen LogP contribution in [0.25, 0.3) is 6.08 Å². The highest BCUT2D eigenvalue weighted by Crippen LogP contribution is 2.33. The quantitative estimate of drug-likeness (QED) is 0.483. The number of amides is 2. The van der Waals surface area contributed by atoms with Crippen molar-refractivity contribution in [3.63, 3.8) is 0 Å². The van der Waals surface area contributed by atoms with E-state index in [0.29, 0.717) is 10.5 Å². The number of carbonyl (C=O) groups is 2. The van der Waals surface area contributed by atoms with Crippen molar-refractivity contribution in [2.24, 2.45) is 7.05 Å². The van der Waals surface area contributed by atoms with Gasteiger partial charge >= 0.3 is 0 Å². The molecule has 1 fully saturated rings. The first-order valence-electron chi connectivity index (χ1n) is 7.06. The Kier molecular flexibility index (Phi) is 4.22. The molecule has 3 rings (SSSR count). The summed E-state index contributed by atoms with van der Waals surface area (Å²) in [6, 6.07) is 9.61. The fourth-order valence-corrected chi connectivity index (χ4v) is 3.17. The molecular weight excluding hydrogens is 330 g/mol. The van der Waals surface area contributed by atoms with Gasteiger partial charge in [0.05, 0.1) is 16.4 Å². The van der Waals surface area contributed by atoms with Gasteiger partial charge in [0, 0.05) is 31.1 Å². The van der Waals surface area contributed by atoms with E-state index < -0.39 is 10.8 Å². The van der Waals surface area contributed by atoms with Crippen molar-refractivity contribution >= 4 is 34.7 Å². The molecule has 2 heterocycles. The van der Waals surface area contributed by atoms with E-state index in [1.165, 1.54) is 18.2 Å². The minimum Gasteiger partial charge on any atom is -0.351 e. The molecule has 0 unspecified atom stereocenters. The maximum absolute atomic E-state index is 12.4. The van der Waals surface area contributed by atoms with E-state index in [-0.39, 0.29) is 17.5 Å². The van der Waals surface area contributed by atoms with E-state index in [1.807, 2.05) is 29.9 Å². The highest BCUT2D eigenvalue weighted by molar-refractivity contribution is 8.18. The van der Waals surface area contributed by atoms with Crippen molar-refractivity contribution in [2.45, 2.75) is 6.54 Å². The highest BCUT2D eigenvalue weighted by Gasteiger charge is 2.35. The zero-order valence-corrected chi connectivity index (χ0v) is 13.5. The maximum Gasteiger partial charge on any atom is 0.293 e. The van der Waals surface area contributed by atoms with Crippen molar-refractivity contribution in [2.75, 3.05) is 0 Å². The van der Waals surface area contributed by atoms with Gasteiger partial charge in [-0.3, -0.25) is 24.6 Å². The SMILES string of the molecule is Cn1cccc1/C=C1\SC(=O)N(Cc2cccc([N+](=O)[O-])c2)C1=O. The normalized spacial score (nSPS) is 16.2. The molecule has 1 aromatic heterocycles. The third kappa shape index (κ3) is 3.09. The average molecular weight is 343 g/mol. The number of carbonyl (C=O) groups excluding carboxylic acids is 2. The molecule has 0 aliphatic carbocycles. The number of benzene rings is 1. The zero-order valence-electron chi connectivity index (χ0n) is 12.7. The summed E-state index contributed by atoms with van der Waals surface area (Å²) >= 11 is 0.870. The summed E-state index contributed by atoms with van der Waals surface area (Å²) in [7, 11) is 1.85. The van der Waals surface area contributed by atoms with E-state index in [0.717, 1.165) is 22.4 Å². The van der Waals surface area contributed by atoms with Crippen LogP contribution in [0.15, 0.2) is 47.5 Å². The second-order valence-electron chi connectivity index (χ2n) is 5.24. The molecule has 0 saturated carbocycles. The number of nitro groups is 1. The van der Waals surface area contributed by atoms with Gasteiger partial charge in [-0.25, -0.2) is 0 Å². The van der Waals surface area contributed by atoms with E-state index >= 15 is 0 Å². The van der Waals surface area contributed by atoms with Crippen LogP contribution in [-0.4, -0.2) is 25.5 Å². The number of aryl methyl sites for hydroxylation is 1. The van der Waals surface area contributed by atoms with Crippen molar-refractivity contribution < 1.29 is 14.5 Å². The first-order valence-corrected chi connectivity index (χ1v) is 7.87. The first-order chi connectivity index (χ1) is 11.5. The lowest BCUT2D eigenvalue weighted by Gasteiger charge is -2.12. The summed E-state index contributed by atoms with van der Waals surface area (Å²) < 4.78 is 1.84. The molecule has 122 valence electrons. The van der Waals surface area contributed by atoms with Crippen molar-refractivity contribution in [1.29, 1.82) is 0 Å². The topological polar surface area (TPSA) is 85.4 Å². The number of rotatable bonds is 4. The summed E-state index contributed by atoms with van der Waals surface area (Å²) in [5.74, 6) is -0.391. The van der Waals surface area contributed by atoms with Crippen LogP contribution < -0.4 is 0 Å². The third-order valence-corrected chi connectivity index (χ3v) is 4.51. The third-order valence-electron chi connectivity index (χ3n) is 3.60. The largest absolute Gasteiger partial charge is 0.351 e. The maximum atomic E-state index is 12.4. The minimum absolute atomic E-state index is 0.0107. The summed E-state index contributed by atoms with van der Waals surface area (Å²) in [6.07, 6.45) is 3.51. The molecule has 0 N–H and O–H groups in total. The Hall–Kier alpha value is -2.87. The molecule has 8 heteroatoms. The van der Waals surface area contributed by atoms with Crippen molar-refractivity contribution in [3.8, 4) is 0 Å². The van der Waals surface area contributed by atoms with E-state index in [1.54, 1.807) is 12.1 Å². The van der Waals surface area contributed by atoms with Crippen molar-refractivity contribution in [1.82, 2.24) is 9.47 Å².